The molecule has 10 aromatic rings. The smallest absolute Gasteiger partial charge is 0.299 e. The number of aromatic hydroxyl groups is 2. The summed E-state index contributed by atoms with van der Waals surface area (Å²) in [5.74, 6) is -2.82. The quantitative estimate of drug-likeness (QED) is 0.0468. The Labute approximate surface area is 578 Å². The highest BCUT2D eigenvalue weighted by Gasteiger charge is 2.38. The number of pyridine rings is 2. The van der Waals surface area contributed by atoms with Crippen LogP contribution < -0.4 is 28.4 Å². The van der Waals surface area contributed by atoms with Crippen molar-refractivity contribution in [3.05, 3.63) is 258 Å². The van der Waals surface area contributed by atoms with Gasteiger partial charge in [-0.2, -0.15) is 0 Å². The molecule has 0 unspecified atom stereocenters. The molecule has 2 N–H and O–H groups in total. The van der Waals surface area contributed by atoms with Crippen molar-refractivity contribution in [3.8, 4) is 23.0 Å². The number of anilines is 2. The molecule has 8 bridgehead atoms. The van der Waals surface area contributed by atoms with Crippen LogP contribution >= 0.6 is 0 Å². The van der Waals surface area contributed by atoms with Crippen LogP contribution in [0.3, 0.4) is 0 Å². The van der Waals surface area contributed by atoms with Gasteiger partial charge in [0.05, 0.1) is 61.2 Å². The zero-order valence-corrected chi connectivity index (χ0v) is 57.2. The number of aryl methyl sites for hydroxylation is 4. The summed E-state index contributed by atoms with van der Waals surface area (Å²) in [6, 6.07) is 32.4. The standard InChI is InChI=1S/C80H76F2N10O8/c1-79(2,3)61-39-57-35-53-31-51(13-11-49-19-25-87(7)26-20-49)33-55(71(53)93)37-59-41-62(80(4,5)6)42-60(76(59)100-30-10-24-90-46-66(84-86-90)48-92-70-18-16-64(82)44-68(70)74(96)78(92)98)38-56-34-52(14-12-50-21-27-88(8)28-22-50)32-54(72(56)94)36-58(40-61)75(57)99-29-9-23-89-45-65(83-85-89)47-91-69-17-15-63(81)43-67(69)73(95)77(91)97/h11-22,25-28,31-34,39-46H,9-10,23-24,29-30,35-38,47-48H2,1-8H3/p+2. The van der Waals surface area contributed by atoms with Crippen LogP contribution in [0.15, 0.2) is 146 Å². The molecule has 4 aromatic heterocycles. The molecule has 1 aliphatic carbocycles. The van der Waals surface area contributed by atoms with Gasteiger partial charge in [-0.05, 0) is 149 Å². The lowest BCUT2D eigenvalue weighted by atomic mass is 9.81. The van der Waals surface area contributed by atoms with E-state index in [1.807, 2.05) is 96.5 Å². The van der Waals surface area contributed by atoms with Crippen LogP contribution in [0.1, 0.15) is 164 Å². The van der Waals surface area contributed by atoms with Crippen molar-refractivity contribution in [2.75, 3.05) is 23.0 Å². The fourth-order valence-electron chi connectivity index (χ4n) is 13.1. The number of nitrogens with zero attached hydrogens (tertiary/aromatic N) is 10. The third-order valence-electron chi connectivity index (χ3n) is 18.5. The maximum Gasteiger partial charge on any atom is 0.299 e. The number of fused-ring (bicyclic) bond motifs is 10. The van der Waals surface area contributed by atoms with Crippen molar-refractivity contribution in [3.63, 3.8) is 0 Å². The Balaban J connectivity index is 0.882. The number of phenols is 2. The van der Waals surface area contributed by atoms with Crippen LogP contribution in [-0.4, -0.2) is 76.8 Å². The lowest BCUT2D eigenvalue weighted by Crippen LogP contribution is -2.29. The molecule has 2 aliphatic heterocycles. The van der Waals surface area contributed by atoms with Crippen LogP contribution in [0.2, 0.25) is 0 Å². The summed E-state index contributed by atoms with van der Waals surface area (Å²) in [4.78, 5) is 54.4. The minimum Gasteiger partial charge on any atom is -0.507 e. The molecule has 508 valence electrons. The lowest BCUT2D eigenvalue weighted by Gasteiger charge is -2.26. The van der Waals surface area contributed by atoms with E-state index in [0.29, 0.717) is 82.4 Å². The summed E-state index contributed by atoms with van der Waals surface area (Å²) in [5.41, 5.74) is 12.6. The molecule has 2 amide bonds. The Morgan fingerprint density at radius 2 is 0.810 bits per heavy atom. The van der Waals surface area contributed by atoms with Crippen molar-refractivity contribution in [1.29, 1.82) is 0 Å². The zero-order valence-electron chi connectivity index (χ0n) is 57.2. The summed E-state index contributed by atoms with van der Waals surface area (Å²) in [5, 5.41) is 43.5. The molecule has 100 heavy (non-hydrogen) atoms. The highest BCUT2D eigenvalue weighted by Crippen LogP contribution is 2.43. The third kappa shape index (κ3) is 14.6. The largest absolute Gasteiger partial charge is 0.507 e. The molecule has 6 heterocycles. The predicted molar refractivity (Wildman–Crippen MR) is 375 cm³/mol. The Morgan fingerprint density at radius 1 is 0.470 bits per heavy atom. The Morgan fingerprint density at radius 3 is 1.15 bits per heavy atom. The number of carbonyl (C=O) groups is 4. The van der Waals surface area contributed by atoms with Crippen molar-refractivity contribution in [2.24, 2.45) is 14.1 Å². The first kappa shape index (κ1) is 67.3. The lowest BCUT2D eigenvalue weighted by molar-refractivity contribution is -0.671. The third-order valence-corrected chi connectivity index (χ3v) is 18.5. The van der Waals surface area contributed by atoms with Crippen molar-refractivity contribution >= 4 is 59.1 Å². The summed E-state index contributed by atoms with van der Waals surface area (Å²) < 4.78 is 49.7. The fourth-order valence-corrected chi connectivity index (χ4v) is 13.1. The van der Waals surface area contributed by atoms with Gasteiger partial charge in [-0.1, -0.05) is 101 Å². The number of benzene rings is 6. The number of amides is 2. The predicted octanol–water partition coefficient (Wildman–Crippen LogP) is 12.2. The van der Waals surface area contributed by atoms with Gasteiger partial charge in [0.1, 0.15) is 60.1 Å². The van der Waals surface area contributed by atoms with E-state index in [2.05, 4.69) is 111 Å². The van der Waals surface area contributed by atoms with Gasteiger partial charge in [0.15, 0.2) is 24.8 Å². The first-order valence-corrected chi connectivity index (χ1v) is 33.5. The second kappa shape index (κ2) is 27.6. The number of carbonyl (C=O) groups excluding carboxylic acids is 4. The van der Waals surface area contributed by atoms with Crippen molar-refractivity contribution in [2.45, 2.75) is 117 Å². The number of ketones is 2. The number of Topliss-reactive ketones (excluding diaryl/α,β-unsaturated/α-hetero) is 2. The average molecular weight is 1350 g/mol. The Bertz CT molecular complexity index is 4540. The summed E-state index contributed by atoms with van der Waals surface area (Å²) in [6.45, 7) is 14.1. The normalized spacial score (nSPS) is 13.9. The summed E-state index contributed by atoms with van der Waals surface area (Å²) in [6.07, 6.45) is 21.6. The van der Waals surface area contributed by atoms with Gasteiger partial charge in [0, 0.05) is 75.9 Å². The van der Waals surface area contributed by atoms with E-state index in [4.69, 9.17) is 9.47 Å². The number of aromatic nitrogens is 8. The second-order valence-corrected chi connectivity index (χ2v) is 28.2. The van der Waals surface area contributed by atoms with Gasteiger partial charge in [-0.25, -0.2) is 17.9 Å². The molecule has 18 nitrogen and oxygen atoms in total. The number of hydrogen-bond donors (Lipinski definition) is 2. The van der Waals surface area contributed by atoms with Crippen LogP contribution in [0.25, 0.3) is 24.3 Å². The first-order chi connectivity index (χ1) is 47.8. The Kier molecular flexibility index (Phi) is 18.5. The van der Waals surface area contributed by atoms with Gasteiger partial charge in [-0.15, -0.1) is 10.2 Å². The van der Waals surface area contributed by atoms with Crippen LogP contribution in [0, 0.1) is 11.6 Å². The van der Waals surface area contributed by atoms with Crippen molar-refractivity contribution < 1.29 is 56.8 Å². The number of phenolic OH excluding ortho intramolecular Hbond substituents is 2. The Hall–Kier alpha value is -11.3. The molecule has 3 aliphatic rings. The fraction of sp³-hybridized carbons (Fsp3) is 0.275. The molecular weight excluding hydrogens is 1270 g/mol. The topological polar surface area (TPSA) is 203 Å². The van der Waals surface area contributed by atoms with Gasteiger partial charge in [0.2, 0.25) is 0 Å². The number of rotatable bonds is 18. The second-order valence-electron chi connectivity index (χ2n) is 28.2. The molecule has 13 rings (SSSR count). The highest BCUT2D eigenvalue weighted by atomic mass is 19.1. The van der Waals surface area contributed by atoms with E-state index < -0.39 is 35.0 Å². The van der Waals surface area contributed by atoms with Gasteiger partial charge < -0.3 is 19.7 Å². The molecule has 0 atom stereocenters. The van der Waals surface area contributed by atoms with Gasteiger partial charge >= 0.3 is 0 Å². The molecule has 0 saturated carbocycles. The van der Waals surface area contributed by atoms with E-state index in [1.165, 1.54) is 34.1 Å². The molecule has 0 spiro atoms. The maximum atomic E-state index is 14.1. The van der Waals surface area contributed by atoms with Crippen LogP contribution in [0.4, 0.5) is 20.2 Å². The summed E-state index contributed by atoms with van der Waals surface area (Å²) in [7, 11) is 3.95. The zero-order chi connectivity index (χ0) is 70.3. The number of hydrogen-bond acceptors (Lipinski definition) is 12. The van der Waals surface area contributed by atoms with E-state index in [-0.39, 0.29) is 85.4 Å². The first-order valence-electron chi connectivity index (χ1n) is 33.5. The molecular formula is C80H78F2N10O8+2. The maximum absolute atomic E-state index is 14.1. The highest BCUT2D eigenvalue weighted by molar-refractivity contribution is 6.52. The van der Waals surface area contributed by atoms with Crippen LogP contribution in [0.5, 0.6) is 23.0 Å². The summed E-state index contributed by atoms with van der Waals surface area (Å²) >= 11 is 0. The van der Waals surface area contributed by atoms with E-state index in [0.717, 1.165) is 67.8 Å². The molecule has 0 fully saturated rings. The molecule has 20 heteroatoms. The minimum atomic E-state index is -0.777. The van der Waals surface area contributed by atoms with Gasteiger partial charge in [0.25, 0.3) is 23.4 Å². The van der Waals surface area contributed by atoms with E-state index >= 15 is 0 Å². The van der Waals surface area contributed by atoms with Crippen LogP contribution in [-0.2, 0) is 86.4 Å². The molecule has 0 saturated heterocycles. The molecule has 6 aromatic carbocycles. The average Bonchev–Trinajstić information content (AvgIpc) is 1.44. The SMILES string of the molecule is C[n+]1ccc(/C=C/c2cc3c(O)c(c2)Cc2cc(C(C)(C)C)cc(c2OCCCn2cc(CN4C(=O)C(=O)c5cc(F)ccc54)nn2)Cc2cc(/C=C/c4cc[n+](C)cc4)cc(c2O)Cc2cc(C(C)(C)C)cc(c2OCCCn2cc(CN4C(=O)C(=O)c5cc(F)ccc54)nn2)C3)cc1. The van der Waals surface area contributed by atoms with E-state index in [1.54, 1.807) is 21.8 Å². The monoisotopic (exact) mass is 1340 g/mol. The van der Waals surface area contributed by atoms with Gasteiger partial charge in [-0.3, -0.25) is 38.3 Å². The number of ether oxygens (including phenoxy) is 2. The minimum absolute atomic E-state index is 0.0105. The van der Waals surface area contributed by atoms with Crippen molar-refractivity contribution in [1.82, 2.24) is 30.0 Å². The van der Waals surface area contributed by atoms with E-state index in [9.17, 15) is 38.2 Å². The number of halogens is 2. The molecule has 0 radical (unpaired) electrons.